The number of ether oxygens (including phenoxy) is 1. The van der Waals surface area contributed by atoms with Crippen LogP contribution in [-0.2, 0) is 0 Å². The van der Waals surface area contributed by atoms with E-state index in [2.05, 4.69) is 10.1 Å². The van der Waals surface area contributed by atoms with Crippen molar-refractivity contribution in [2.24, 2.45) is 0 Å². The van der Waals surface area contributed by atoms with Crippen LogP contribution >= 0.6 is 0 Å². The lowest BCUT2D eigenvalue weighted by atomic mass is 10.1. The van der Waals surface area contributed by atoms with Crippen LogP contribution < -0.4 is 10.1 Å². The molecular formula is C21H22F3N3O3. The zero-order chi connectivity index (χ0) is 21.7. The first-order chi connectivity index (χ1) is 14.2. The van der Waals surface area contributed by atoms with E-state index in [1.54, 1.807) is 9.80 Å². The molecule has 1 heterocycles. The Balaban J connectivity index is 1.50. The van der Waals surface area contributed by atoms with Crippen molar-refractivity contribution in [1.29, 1.82) is 0 Å². The number of carbonyl (C=O) groups is 2. The summed E-state index contributed by atoms with van der Waals surface area (Å²) in [6, 6.07) is 12.8. The van der Waals surface area contributed by atoms with Gasteiger partial charge in [0.1, 0.15) is 5.75 Å². The number of piperazine rings is 1. The van der Waals surface area contributed by atoms with Crippen molar-refractivity contribution in [1.82, 2.24) is 9.80 Å². The number of alkyl halides is 3. The maximum atomic E-state index is 12.6. The second-order valence-electron chi connectivity index (χ2n) is 7.01. The molecule has 0 bridgehead atoms. The minimum absolute atomic E-state index is 0.0431. The molecule has 6 nitrogen and oxygen atoms in total. The number of urea groups is 1. The van der Waals surface area contributed by atoms with Gasteiger partial charge in [-0.3, -0.25) is 4.79 Å². The Labute approximate surface area is 172 Å². The third-order valence-corrected chi connectivity index (χ3v) is 4.63. The van der Waals surface area contributed by atoms with Crippen molar-refractivity contribution in [3.63, 3.8) is 0 Å². The van der Waals surface area contributed by atoms with Gasteiger partial charge in [0.25, 0.3) is 5.91 Å². The van der Waals surface area contributed by atoms with Crippen LogP contribution in [0.4, 0.5) is 23.7 Å². The normalized spacial score (nSPS) is 14.4. The van der Waals surface area contributed by atoms with E-state index in [0.717, 1.165) is 5.56 Å². The van der Waals surface area contributed by atoms with Crippen molar-refractivity contribution in [3.8, 4) is 5.75 Å². The van der Waals surface area contributed by atoms with Crippen LogP contribution in [-0.4, -0.2) is 60.7 Å². The maximum Gasteiger partial charge on any atom is 0.422 e. The molecule has 30 heavy (non-hydrogen) atoms. The molecule has 1 fully saturated rings. The summed E-state index contributed by atoms with van der Waals surface area (Å²) < 4.78 is 41.3. The summed E-state index contributed by atoms with van der Waals surface area (Å²) in [7, 11) is 0. The summed E-state index contributed by atoms with van der Waals surface area (Å²) in [5, 5.41) is 2.85. The van der Waals surface area contributed by atoms with Crippen LogP contribution in [0.25, 0.3) is 0 Å². The van der Waals surface area contributed by atoms with Crippen molar-refractivity contribution < 1.29 is 27.5 Å². The van der Waals surface area contributed by atoms with Gasteiger partial charge in [0.2, 0.25) is 0 Å². The molecule has 2 aromatic carbocycles. The molecular weight excluding hydrogens is 399 g/mol. The fourth-order valence-corrected chi connectivity index (χ4v) is 3.08. The number of hydrogen-bond acceptors (Lipinski definition) is 3. The molecule has 0 atom stereocenters. The third-order valence-electron chi connectivity index (χ3n) is 4.63. The van der Waals surface area contributed by atoms with Crippen LogP contribution in [0, 0.1) is 6.92 Å². The van der Waals surface area contributed by atoms with E-state index in [0.29, 0.717) is 37.4 Å². The Morgan fingerprint density at radius 3 is 2.23 bits per heavy atom. The van der Waals surface area contributed by atoms with Gasteiger partial charge in [0.05, 0.1) is 0 Å². The van der Waals surface area contributed by atoms with E-state index in [9.17, 15) is 22.8 Å². The van der Waals surface area contributed by atoms with Crippen LogP contribution in [0.5, 0.6) is 5.75 Å². The van der Waals surface area contributed by atoms with Gasteiger partial charge in [-0.1, -0.05) is 12.1 Å². The number of benzene rings is 2. The van der Waals surface area contributed by atoms with Gasteiger partial charge in [0, 0.05) is 37.4 Å². The highest BCUT2D eigenvalue weighted by atomic mass is 19.4. The van der Waals surface area contributed by atoms with Crippen molar-refractivity contribution in [2.45, 2.75) is 13.1 Å². The minimum Gasteiger partial charge on any atom is -0.484 e. The van der Waals surface area contributed by atoms with Crippen molar-refractivity contribution in [2.75, 3.05) is 38.1 Å². The first-order valence-electron chi connectivity index (χ1n) is 9.43. The van der Waals surface area contributed by atoms with Crippen LogP contribution in [0.1, 0.15) is 15.9 Å². The highest BCUT2D eigenvalue weighted by Gasteiger charge is 2.28. The van der Waals surface area contributed by atoms with E-state index in [1.165, 1.54) is 24.3 Å². The molecule has 1 saturated heterocycles. The number of aryl methyl sites for hydroxylation is 1. The second-order valence-corrected chi connectivity index (χ2v) is 7.01. The summed E-state index contributed by atoms with van der Waals surface area (Å²) in [6.07, 6.45) is -4.42. The van der Waals surface area contributed by atoms with Gasteiger partial charge in [-0.05, 0) is 48.9 Å². The monoisotopic (exact) mass is 421 g/mol. The molecule has 1 aliphatic rings. The van der Waals surface area contributed by atoms with Crippen LogP contribution in [0.3, 0.4) is 0 Å². The SMILES string of the molecule is Cc1cccc(NC(=O)N2CCN(C(=O)c3ccc(OCC(F)(F)F)cc3)CC2)c1. The fraction of sp³-hybridized carbons (Fsp3) is 0.333. The summed E-state index contributed by atoms with van der Waals surface area (Å²) in [6.45, 7) is 2.06. The second kappa shape index (κ2) is 9.06. The largest absolute Gasteiger partial charge is 0.484 e. The van der Waals surface area contributed by atoms with E-state index < -0.39 is 12.8 Å². The van der Waals surface area contributed by atoms with Gasteiger partial charge in [-0.25, -0.2) is 4.79 Å². The van der Waals surface area contributed by atoms with Crippen LogP contribution in [0.15, 0.2) is 48.5 Å². The quantitative estimate of drug-likeness (QED) is 0.814. The molecule has 3 amide bonds. The average molecular weight is 421 g/mol. The molecule has 2 aromatic rings. The summed E-state index contributed by atoms with van der Waals surface area (Å²) >= 11 is 0. The van der Waals surface area contributed by atoms with E-state index in [1.807, 2.05) is 31.2 Å². The Morgan fingerprint density at radius 1 is 1.00 bits per heavy atom. The molecule has 0 aliphatic carbocycles. The first kappa shape index (κ1) is 21.5. The highest BCUT2D eigenvalue weighted by Crippen LogP contribution is 2.20. The predicted molar refractivity (Wildman–Crippen MR) is 106 cm³/mol. The third kappa shape index (κ3) is 5.88. The molecule has 9 heteroatoms. The standard InChI is InChI=1S/C21H22F3N3O3/c1-15-3-2-4-17(13-15)25-20(29)27-11-9-26(10-12-27)19(28)16-5-7-18(8-6-16)30-14-21(22,23)24/h2-8,13H,9-12,14H2,1H3,(H,25,29). The Morgan fingerprint density at radius 2 is 1.63 bits per heavy atom. The molecule has 1 aliphatic heterocycles. The summed E-state index contributed by atoms with van der Waals surface area (Å²) in [5.74, 6) is -0.197. The zero-order valence-electron chi connectivity index (χ0n) is 16.4. The molecule has 160 valence electrons. The number of hydrogen-bond donors (Lipinski definition) is 1. The van der Waals surface area contributed by atoms with Crippen molar-refractivity contribution >= 4 is 17.6 Å². The molecule has 0 unspecified atom stereocenters. The zero-order valence-corrected chi connectivity index (χ0v) is 16.4. The molecule has 0 radical (unpaired) electrons. The van der Waals surface area contributed by atoms with Crippen LogP contribution in [0.2, 0.25) is 0 Å². The number of halogens is 3. The van der Waals surface area contributed by atoms with Gasteiger partial charge < -0.3 is 19.9 Å². The highest BCUT2D eigenvalue weighted by molar-refractivity contribution is 5.95. The number of amides is 3. The fourth-order valence-electron chi connectivity index (χ4n) is 3.08. The summed E-state index contributed by atoms with van der Waals surface area (Å²) in [5.41, 5.74) is 2.11. The van der Waals surface area contributed by atoms with Gasteiger partial charge >= 0.3 is 12.2 Å². The molecule has 0 spiro atoms. The average Bonchev–Trinajstić information content (AvgIpc) is 2.72. The maximum absolute atomic E-state index is 12.6. The molecule has 3 rings (SSSR count). The van der Waals surface area contributed by atoms with Gasteiger partial charge in [0.15, 0.2) is 6.61 Å². The van der Waals surface area contributed by atoms with Gasteiger partial charge in [-0.2, -0.15) is 13.2 Å². The van der Waals surface area contributed by atoms with E-state index >= 15 is 0 Å². The van der Waals surface area contributed by atoms with E-state index in [-0.39, 0.29) is 17.7 Å². The lowest BCUT2D eigenvalue weighted by molar-refractivity contribution is -0.153. The lowest BCUT2D eigenvalue weighted by Gasteiger charge is -2.34. The van der Waals surface area contributed by atoms with Gasteiger partial charge in [-0.15, -0.1) is 0 Å². The smallest absolute Gasteiger partial charge is 0.422 e. The van der Waals surface area contributed by atoms with Crippen molar-refractivity contribution in [3.05, 3.63) is 59.7 Å². The number of rotatable bonds is 4. The Kier molecular flexibility index (Phi) is 6.49. The Bertz CT molecular complexity index is 892. The minimum atomic E-state index is -4.42. The first-order valence-corrected chi connectivity index (χ1v) is 9.43. The summed E-state index contributed by atoms with van der Waals surface area (Å²) in [4.78, 5) is 28.3. The lowest BCUT2D eigenvalue weighted by Crippen LogP contribution is -2.51. The number of nitrogens with one attached hydrogen (secondary N) is 1. The Hall–Kier alpha value is -3.23. The molecule has 0 saturated carbocycles. The topological polar surface area (TPSA) is 61.9 Å². The number of carbonyl (C=O) groups excluding carboxylic acids is 2. The number of anilines is 1. The molecule has 1 N–H and O–H groups in total. The van der Waals surface area contributed by atoms with E-state index in [4.69, 9.17) is 0 Å². The molecule has 0 aromatic heterocycles. The number of nitrogens with zero attached hydrogens (tertiary/aromatic N) is 2. The predicted octanol–water partition coefficient (Wildman–Crippen LogP) is 3.93.